The van der Waals surface area contributed by atoms with E-state index in [-0.39, 0.29) is 17.9 Å². The van der Waals surface area contributed by atoms with Gasteiger partial charge in [-0.15, -0.1) is 10.2 Å². The van der Waals surface area contributed by atoms with E-state index in [1.54, 1.807) is 10.9 Å². The second-order valence-corrected chi connectivity index (χ2v) is 4.05. The van der Waals surface area contributed by atoms with Crippen molar-refractivity contribution in [3.63, 3.8) is 0 Å². The number of carbonyl (C=O) groups is 2. The van der Waals surface area contributed by atoms with Crippen LogP contribution in [0.2, 0.25) is 0 Å². The number of hydrogen-bond acceptors (Lipinski definition) is 5. The highest BCUT2D eigenvalue weighted by atomic mass is 16.4. The Labute approximate surface area is 120 Å². The van der Waals surface area contributed by atoms with E-state index in [9.17, 15) is 9.59 Å². The lowest BCUT2D eigenvalue weighted by Crippen LogP contribution is -2.30. The third-order valence-corrected chi connectivity index (χ3v) is 2.70. The fourth-order valence-corrected chi connectivity index (χ4v) is 1.68. The van der Waals surface area contributed by atoms with Gasteiger partial charge in [0.05, 0.1) is 12.2 Å². The molecular weight excluding hydrogens is 276 g/mol. The molecule has 2 aromatic rings. The molecule has 0 aromatic carbocycles. The van der Waals surface area contributed by atoms with Gasteiger partial charge in [0.1, 0.15) is 6.33 Å². The molecule has 0 saturated carbocycles. The van der Waals surface area contributed by atoms with Crippen LogP contribution in [0.5, 0.6) is 0 Å². The zero-order valence-electron chi connectivity index (χ0n) is 11.3. The van der Waals surface area contributed by atoms with Crippen LogP contribution in [-0.4, -0.2) is 36.9 Å². The summed E-state index contributed by atoms with van der Waals surface area (Å²) in [6.45, 7) is 2.81. The number of amides is 2. The van der Waals surface area contributed by atoms with Crippen LogP contribution in [0.4, 0.5) is 10.5 Å². The summed E-state index contributed by atoms with van der Waals surface area (Å²) >= 11 is 0. The molecule has 0 aliphatic carbocycles. The molecule has 9 nitrogen and oxygen atoms in total. The smallest absolute Gasteiger partial charge is 0.356 e. The van der Waals surface area contributed by atoms with Gasteiger partial charge in [-0.1, -0.05) is 0 Å². The number of rotatable bonds is 5. The second-order valence-electron chi connectivity index (χ2n) is 4.05. The van der Waals surface area contributed by atoms with Crippen LogP contribution in [0, 0.1) is 0 Å². The van der Waals surface area contributed by atoms with Gasteiger partial charge in [0.25, 0.3) is 0 Å². The van der Waals surface area contributed by atoms with E-state index in [2.05, 4.69) is 25.8 Å². The average molecular weight is 290 g/mol. The van der Waals surface area contributed by atoms with E-state index in [4.69, 9.17) is 5.11 Å². The number of carboxylic acids is 1. The van der Waals surface area contributed by atoms with Gasteiger partial charge in [0, 0.05) is 12.7 Å². The first-order chi connectivity index (χ1) is 10.1. The molecule has 0 aliphatic rings. The molecular formula is C12H14N6O3. The first kappa shape index (κ1) is 14.4. The summed E-state index contributed by atoms with van der Waals surface area (Å²) in [5.74, 6) is -0.603. The van der Waals surface area contributed by atoms with Crippen molar-refractivity contribution in [3.8, 4) is 0 Å². The van der Waals surface area contributed by atoms with Gasteiger partial charge in [0.2, 0.25) is 0 Å². The summed E-state index contributed by atoms with van der Waals surface area (Å²) in [5, 5.41) is 21.6. The van der Waals surface area contributed by atoms with Crippen molar-refractivity contribution in [2.24, 2.45) is 0 Å². The van der Waals surface area contributed by atoms with Crippen LogP contribution in [0.3, 0.4) is 0 Å². The lowest BCUT2D eigenvalue weighted by atomic mass is 10.3. The number of aryl methyl sites for hydroxylation is 1. The van der Waals surface area contributed by atoms with Crippen LogP contribution in [-0.2, 0) is 13.1 Å². The van der Waals surface area contributed by atoms with Crippen molar-refractivity contribution in [1.82, 2.24) is 25.1 Å². The number of anilines is 1. The normalized spacial score (nSPS) is 10.1. The van der Waals surface area contributed by atoms with E-state index in [1.165, 1.54) is 18.3 Å². The summed E-state index contributed by atoms with van der Waals surface area (Å²) in [6.07, 6.45) is 2.91. The van der Waals surface area contributed by atoms with Gasteiger partial charge in [-0.2, -0.15) is 0 Å². The zero-order chi connectivity index (χ0) is 15.2. The Balaban J connectivity index is 1.98. The highest BCUT2D eigenvalue weighted by Gasteiger charge is 2.13. The molecule has 0 bridgehead atoms. The molecule has 2 heterocycles. The van der Waals surface area contributed by atoms with Gasteiger partial charge in [-0.25, -0.2) is 14.6 Å². The molecule has 0 unspecified atom stereocenters. The number of nitrogens with one attached hydrogen (secondary N) is 2. The molecule has 3 N–H and O–H groups in total. The monoisotopic (exact) mass is 290 g/mol. The van der Waals surface area contributed by atoms with Crippen molar-refractivity contribution in [1.29, 1.82) is 0 Å². The highest BCUT2D eigenvalue weighted by Crippen LogP contribution is 2.11. The third-order valence-electron chi connectivity index (χ3n) is 2.70. The van der Waals surface area contributed by atoms with Gasteiger partial charge in [-0.3, -0.25) is 0 Å². The lowest BCUT2D eigenvalue weighted by molar-refractivity contribution is 0.0691. The number of pyridine rings is 1. The molecule has 21 heavy (non-hydrogen) atoms. The van der Waals surface area contributed by atoms with Crippen LogP contribution in [0.25, 0.3) is 0 Å². The maximum absolute atomic E-state index is 11.8. The van der Waals surface area contributed by atoms with E-state index in [1.807, 2.05) is 6.92 Å². The summed E-state index contributed by atoms with van der Waals surface area (Å²) in [4.78, 5) is 26.5. The molecule has 0 radical (unpaired) electrons. The number of carboxylic acid groups (broad SMARTS) is 1. The molecule has 2 aromatic heterocycles. The maximum atomic E-state index is 11.8. The lowest BCUT2D eigenvalue weighted by Gasteiger charge is -2.09. The van der Waals surface area contributed by atoms with E-state index in [0.29, 0.717) is 12.4 Å². The molecule has 110 valence electrons. The van der Waals surface area contributed by atoms with Crippen molar-refractivity contribution in [2.45, 2.75) is 20.0 Å². The fraction of sp³-hybridized carbons (Fsp3) is 0.250. The standard InChI is InChI=1S/C12H14N6O3/c1-2-18-7-15-17-9(18)6-14-12(21)16-8-4-3-5-13-10(8)11(19)20/h3-5,7H,2,6H2,1H3,(H,19,20)(H2,14,16,21). The third kappa shape index (κ3) is 3.53. The quantitative estimate of drug-likeness (QED) is 0.745. The second kappa shape index (κ2) is 6.46. The molecule has 0 fully saturated rings. The molecule has 0 spiro atoms. The number of aromatic nitrogens is 4. The van der Waals surface area contributed by atoms with Gasteiger partial charge in [0.15, 0.2) is 11.5 Å². The minimum absolute atomic E-state index is 0.124. The topological polar surface area (TPSA) is 122 Å². The van der Waals surface area contributed by atoms with E-state index < -0.39 is 12.0 Å². The van der Waals surface area contributed by atoms with Crippen LogP contribution >= 0.6 is 0 Å². The van der Waals surface area contributed by atoms with Crippen molar-refractivity contribution in [2.75, 3.05) is 5.32 Å². The van der Waals surface area contributed by atoms with E-state index in [0.717, 1.165) is 0 Å². The van der Waals surface area contributed by atoms with Crippen LogP contribution in [0.1, 0.15) is 23.2 Å². The molecule has 0 atom stereocenters. The van der Waals surface area contributed by atoms with Crippen molar-refractivity contribution in [3.05, 3.63) is 36.2 Å². The van der Waals surface area contributed by atoms with E-state index >= 15 is 0 Å². The van der Waals surface area contributed by atoms with Gasteiger partial charge < -0.3 is 20.3 Å². The molecule has 2 amide bonds. The fourth-order valence-electron chi connectivity index (χ4n) is 1.68. The molecule has 0 aliphatic heterocycles. The molecule has 0 saturated heterocycles. The Morgan fingerprint density at radius 1 is 1.43 bits per heavy atom. The predicted molar refractivity (Wildman–Crippen MR) is 72.8 cm³/mol. The van der Waals surface area contributed by atoms with Gasteiger partial charge in [-0.05, 0) is 19.1 Å². The predicted octanol–water partition coefficient (Wildman–Crippen LogP) is 0.713. The van der Waals surface area contributed by atoms with Gasteiger partial charge >= 0.3 is 12.0 Å². The number of nitrogens with zero attached hydrogens (tertiary/aromatic N) is 4. The summed E-state index contributed by atoms with van der Waals surface area (Å²) in [5.41, 5.74) is -0.0937. The number of aromatic carboxylic acids is 1. The number of hydrogen-bond donors (Lipinski definition) is 3. The van der Waals surface area contributed by atoms with Crippen molar-refractivity contribution >= 4 is 17.7 Å². The largest absolute Gasteiger partial charge is 0.476 e. The Bertz CT molecular complexity index is 654. The minimum Gasteiger partial charge on any atom is -0.476 e. The first-order valence-corrected chi connectivity index (χ1v) is 6.21. The molecule has 9 heteroatoms. The Kier molecular flexibility index (Phi) is 4.44. The van der Waals surface area contributed by atoms with Crippen LogP contribution in [0.15, 0.2) is 24.7 Å². The number of urea groups is 1. The molecule has 2 rings (SSSR count). The summed E-state index contributed by atoms with van der Waals surface area (Å²) < 4.78 is 1.78. The zero-order valence-corrected chi connectivity index (χ0v) is 11.3. The highest BCUT2D eigenvalue weighted by molar-refractivity contribution is 5.98. The summed E-state index contributed by atoms with van der Waals surface area (Å²) in [6, 6.07) is 2.46. The number of carbonyl (C=O) groups excluding carboxylic acids is 1. The first-order valence-electron chi connectivity index (χ1n) is 6.21. The van der Waals surface area contributed by atoms with Crippen LogP contribution < -0.4 is 10.6 Å². The Morgan fingerprint density at radius 3 is 2.95 bits per heavy atom. The SMILES string of the molecule is CCn1cnnc1CNC(=O)Nc1cccnc1C(=O)O. The maximum Gasteiger partial charge on any atom is 0.356 e. The minimum atomic E-state index is -1.21. The average Bonchev–Trinajstić information content (AvgIpc) is 2.93. The Morgan fingerprint density at radius 2 is 2.24 bits per heavy atom. The van der Waals surface area contributed by atoms with Crippen molar-refractivity contribution < 1.29 is 14.7 Å². The summed E-state index contributed by atoms with van der Waals surface area (Å²) in [7, 11) is 0. The Hall–Kier alpha value is -2.97.